The molecule has 0 radical (unpaired) electrons. The summed E-state index contributed by atoms with van der Waals surface area (Å²) in [5.41, 5.74) is 0. The number of nitrogens with zero attached hydrogens (tertiary/aromatic N) is 1. The summed E-state index contributed by atoms with van der Waals surface area (Å²) in [6, 6.07) is 0.649. The van der Waals surface area contributed by atoms with E-state index in [1.807, 2.05) is 13.8 Å². The van der Waals surface area contributed by atoms with Crippen molar-refractivity contribution in [3.05, 3.63) is 0 Å². The monoisotopic (exact) mass is 230 g/mol. The Hall–Kier alpha value is -0.570. The van der Waals surface area contributed by atoms with Crippen molar-refractivity contribution in [2.45, 2.75) is 53.0 Å². The molecule has 0 aliphatic carbocycles. The molecular weight excluding hydrogens is 200 g/mol. The average molecular weight is 230 g/mol. The average Bonchev–Trinajstić information content (AvgIpc) is 2.32. The van der Waals surface area contributed by atoms with Crippen LogP contribution in [0.25, 0.3) is 0 Å². The Bertz CT molecular complexity index is 190. The second kappa shape index (κ2) is 8.57. The van der Waals surface area contributed by atoms with Crippen LogP contribution >= 0.6 is 0 Å². The lowest BCUT2D eigenvalue weighted by atomic mass is 9.92. The minimum absolute atomic E-state index is 0. The summed E-state index contributed by atoms with van der Waals surface area (Å²) < 4.78 is 0. The molecule has 16 heavy (non-hydrogen) atoms. The first-order valence-corrected chi connectivity index (χ1v) is 6.58. The van der Waals surface area contributed by atoms with Gasteiger partial charge in [0.1, 0.15) is 0 Å². The van der Waals surface area contributed by atoms with Gasteiger partial charge in [-0.3, -0.25) is 4.79 Å². The highest BCUT2D eigenvalue weighted by Crippen LogP contribution is 2.21. The van der Waals surface area contributed by atoms with E-state index in [4.69, 9.17) is 0 Å². The summed E-state index contributed by atoms with van der Waals surface area (Å²) in [6.45, 7) is 10.8. The van der Waals surface area contributed by atoms with Crippen molar-refractivity contribution in [1.29, 1.82) is 0 Å². The third kappa shape index (κ3) is 5.50. The Morgan fingerprint density at radius 3 is 2.25 bits per heavy atom. The molecule has 1 saturated heterocycles. The molecule has 0 unspecified atom stereocenters. The van der Waals surface area contributed by atoms with Crippen LogP contribution in [-0.4, -0.2) is 37.0 Å². The van der Waals surface area contributed by atoms with E-state index in [0.29, 0.717) is 18.4 Å². The van der Waals surface area contributed by atoms with Gasteiger partial charge in [-0.05, 0) is 45.7 Å². The molecule has 1 N–H and O–H groups in total. The Morgan fingerprint density at radius 1 is 1.38 bits per heavy atom. The van der Waals surface area contributed by atoms with Crippen LogP contribution in [-0.2, 0) is 4.79 Å². The van der Waals surface area contributed by atoms with Crippen molar-refractivity contribution in [3.63, 3.8) is 0 Å². The van der Waals surface area contributed by atoms with E-state index in [1.165, 1.54) is 12.8 Å². The van der Waals surface area contributed by atoms with E-state index in [0.717, 1.165) is 13.1 Å². The summed E-state index contributed by atoms with van der Waals surface area (Å²) in [5.74, 6) is 0.790. The Kier molecular flexibility index (Phi) is 8.26. The molecule has 1 rings (SSSR count). The second-order valence-corrected chi connectivity index (χ2v) is 4.45. The normalized spacial score (nSPS) is 17.9. The van der Waals surface area contributed by atoms with Gasteiger partial charge in [0.25, 0.3) is 0 Å². The molecule has 0 spiro atoms. The van der Waals surface area contributed by atoms with E-state index in [2.05, 4.69) is 24.1 Å². The van der Waals surface area contributed by atoms with Gasteiger partial charge in [-0.15, -0.1) is 0 Å². The number of likely N-dealkylation sites (tertiary alicyclic amines) is 1. The molecule has 1 amide bonds. The van der Waals surface area contributed by atoms with E-state index in [9.17, 15) is 4.79 Å². The smallest absolute Gasteiger partial charge is 0.220 e. The number of nitrogens with one attached hydrogen (secondary N) is 1. The number of piperidine rings is 1. The molecular formula is C13H30N2O. The molecule has 0 aromatic rings. The molecule has 0 saturated carbocycles. The SMILES string of the molecule is CC.CNC(=O)CC1CCN(C(C)C)CC1.[HH]. The number of hydrogen-bond acceptors (Lipinski definition) is 2. The zero-order valence-electron chi connectivity index (χ0n) is 11.5. The topological polar surface area (TPSA) is 32.3 Å². The fourth-order valence-corrected chi connectivity index (χ4v) is 2.04. The molecule has 3 heteroatoms. The van der Waals surface area contributed by atoms with Crippen LogP contribution in [0.5, 0.6) is 0 Å². The van der Waals surface area contributed by atoms with Gasteiger partial charge >= 0.3 is 0 Å². The minimum Gasteiger partial charge on any atom is -0.359 e. The van der Waals surface area contributed by atoms with Gasteiger partial charge < -0.3 is 10.2 Å². The standard InChI is InChI=1S/C11H22N2O.C2H6.H2/c1-9(2)13-6-4-10(5-7-13)8-11(14)12-3;1-2;/h9-10H,4-8H2,1-3H3,(H,12,14);1-2H3;1H. The van der Waals surface area contributed by atoms with Crippen LogP contribution < -0.4 is 5.32 Å². The van der Waals surface area contributed by atoms with Gasteiger partial charge in [0.05, 0.1) is 0 Å². The predicted octanol–water partition coefficient (Wildman–Crippen LogP) is 2.52. The number of amides is 1. The second-order valence-electron chi connectivity index (χ2n) is 4.45. The first-order chi connectivity index (χ1) is 7.63. The maximum Gasteiger partial charge on any atom is 0.220 e. The molecule has 0 atom stereocenters. The highest BCUT2D eigenvalue weighted by Gasteiger charge is 2.22. The van der Waals surface area contributed by atoms with E-state index >= 15 is 0 Å². The van der Waals surface area contributed by atoms with Gasteiger partial charge in [0.2, 0.25) is 5.91 Å². The summed E-state index contributed by atoms with van der Waals surface area (Å²) >= 11 is 0. The fourth-order valence-electron chi connectivity index (χ4n) is 2.04. The maximum atomic E-state index is 11.2. The molecule has 98 valence electrons. The predicted molar refractivity (Wildman–Crippen MR) is 71.6 cm³/mol. The van der Waals surface area contributed by atoms with Crippen molar-refractivity contribution < 1.29 is 6.22 Å². The zero-order chi connectivity index (χ0) is 12.6. The van der Waals surface area contributed by atoms with Gasteiger partial charge in [0, 0.05) is 20.9 Å². The van der Waals surface area contributed by atoms with Crippen molar-refractivity contribution in [1.82, 2.24) is 10.2 Å². The maximum absolute atomic E-state index is 11.2. The third-order valence-corrected chi connectivity index (χ3v) is 3.13. The van der Waals surface area contributed by atoms with Gasteiger partial charge in [0.15, 0.2) is 0 Å². The summed E-state index contributed by atoms with van der Waals surface area (Å²) in [4.78, 5) is 13.7. The fraction of sp³-hybridized carbons (Fsp3) is 0.923. The molecule has 0 aromatic heterocycles. The molecule has 0 aromatic carbocycles. The number of carbonyl (C=O) groups excluding carboxylic acids is 1. The van der Waals surface area contributed by atoms with E-state index in [1.54, 1.807) is 7.05 Å². The minimum atomic E-state index is 0. The molecule has 0 bridgehead atoms. The van der Waals surface area contributed by atoms with Crippen LogP contribution in [0, 0.1) is 5.92 Å². The largest absolute Gasteiger partial charge is 0.359 e. The first kappa shape index (κ1) is 15.4. The highest BCUT2D eigenvalue weighted by atomic mass is 16.1. The van der Waals surface area contributed by atoms with Crippen LogP contribution in [0.3, 0.4) is 0 Å². The van der Waals surface area contributed by atoms with Crippen molar-refractivity contribution >= 4 is 5.91 Å². The zero-order valence-corrected chi connectivity index (χ0v) is 11.5. The summed E-state index contributed by atoms with van der Waals surface area (Å²) in [6.07, 6.45) is 3.06. The van der Waals surface area contributed by atoms with Crippen LogP contribution in [0.15, 0.2) is 0 Å². The van der Waals surface area contributed by atoms with Gasteiger partial charge in [-0.25, -0.2) is 0 Å². The quantitative estimate of drug-likeness (QED) is 0.808. The molecule has 1 fully saturated rings. The summed E-state index contributed by atoms with van der Waals surface area (Å²) in [5, 5.41) is 2.69. The Balaban J connectivity index is 0. The lowest BCUT2D eigenvalue weighted by molar-refractivity contribution is -0.121. The lowest BCUT2D eigenvalue weighted by Crippen LogP contribution is -2.39. The van der Waals surface area contributed by atoms with Crippen LogP contribution in [0.2, 0.25) is 0 Å². The molecule has 1 aliphatic rings. The third-order valence-electron chi connectivity index (χ3n) is 3.13. The van der Waals surface area contributed by atoms with Gasteiger partial charge in [-0.1, -0.05) is 13.8 Å². The van der Waals surface area contributed by atoms with Crippen molar-refractivity contribution in [2.24, 2.45) is 5.92 Å². The van der Waals surface area contributed by atoms with Gasteiger partial charge in [-0.2, -0.15) is 0 Å². The highest BCUT2D eigenvalue weighted by molar-refractivity contribution is 5.75. The van der Waals surface area contributed by atoms with Crippen molar-refractivity contribution in [2.75, 3.05) is 20.1 Å². The van der Waals surface area contributed by atoms with Crippen LogP contribution in [0.4, 0.5) is 0 Å². The molecule has 1 aliphatic heterocycles. The van der Waals surface area contributed by atoms with Crippen LogP contribution in [0.1, 0.15) is 48.4 Å². The Morgan fingerprint density at radius 2 is 1.88 bits per heavy atom. The Labute approximate surface area is 102 Å². The number of hydrogen-bond donors (Lipinski definition) is 1. The lowest BCUT2D eigenvalue weighted by Gasteiger charge is -2.34. The summed E-state index contributed by atoms with van der Waals surface area (Å²) in [7, 11) is 1.71. The molecule has 1 heterocycles. The van der Waals surface area contributed by atoms with E-state index < -0.39 is 0 Å². The molecule has 3 nitrogen and oxygen atoms in total. The first-order valence-electron chi connectivity index (χ1n) is 6.58. The number of carbonyl (C=O) groups is 1. The van der Waals surface area contributed by atoms with Crippen molar-refractivity contribution in [3.8, 4) is 0 Å². The van der Waals surface area contributed by atoms with E-state index in [-0.39, 0.29) is 7.33 Å². The number of rotatable bonds is 3.